The van der Waals surface area contributed by atoms with Crippen LogP contribution in [0.3, 0.4) is 0 Å². The van der Waals surface area contributed by atoms with E-state index in [9.17, 15) is 9.00 Å². The molecule has 2 unspecified atom stereocenters. The maximum atomic E-state index is 11.8. The fraction of sp³-hybridized carbons (Fsp3) is 0.364. The van der Waals surface area contributed by atoms with Crippen molar-refractivity contribution < 1.29 is 22.1 Å². The van der Waals surface area contributed by atoms with Gasteiger partial charge in [-0.1, -0.05) is 17.7 Å². The number of rotatable bonds is 5. The molecule has 1 aliphatic rings. The molecule has 2 atom stereocenters. The van der Waals surface area contributed by atoms with Crippen molar-refractivity contribution >= 4 is 15.3 Å². The summed E-state index contributed by atoms with van der Waals surface area (Å²) in [6.45, 7) is 2.53. The predicted molar refractivity (Wildman–Crippen MR) is 61.3 cm³/mol. The van der Waals surface area contributed by atoms with Crippen LogP contribution in [0.5, 0.6) is 5.75 Å². The Labute approximate surface area is 99.7 Å². The van der Waals surface area contributed by atoms with Crippen molar-refractivity contribution in [2.75, 3.05) is 13.2 Å². The van der Waals surface area contributed by atoms with Gasteiger partial charge in [0, 0.05) is 0 Å². The van der Waals surface area contributed by atoms with Gasteiger partial charge in [-0.3, -0.25) is 4.18 Å². The van der Waals surface area contributed by atoms with E-state index in [4.69, 9.17) is 13.1 Å². The number of ether oxygens (including phenoxy) is 1. The van der Waals surface area contributed by atoms with Crippen LogP contribution in [-0.2, 0) is 23.8 Å². The zero-order chi connectivity index (χ0) is 12.3. The third kappa shape index (κ3) is 3.57. The highest BCUT2D eigenvalue weighted by atomic mass is 32.2. The first-order valence-electron chi connectivity index (χ1n) is 5.06. The molecule has 17 heavy (non-hydrogen) atoms. The van der Waals surface area contributed by atoms with E-state index in [1.807, 2.05) is 6.92 Å². The van der Waals surface area contributed by atoms with E-state index in [1.54, 1.807) is 24.3 Å². The smallest absolute Gasteiger partial charge is 0.331 e. The van der Waals surface area contributed by atoms with Crippen LogP contribution in [0.15, 0.2) is 24.3 Å². The van der Waals surface area contributed by atoms with E-state index in [1.165, 1.54) is 5.23 Å². The summed E-state index contributed by atoms with van der Waals surface area (Å²) >= 11 is 0. The molecule has 1 aromatic rings. The second-order valence-electron chi connectivity index (χ2n) is 3.67. The van der Waals surface area contributed by atoms with E-state index in [0.29, 0.717) is 12.4 Å². The van der Waals surface area contributed by atoms with Gasteiger partial charge >= 0.3 is 10.1 Å². The fourth-order valence-corrected chi connectivity index (χ4v) is 1.94. The Bertz CT molecular complexity index is 519. The molecule has 0 amide bonds. The number of benzene rings is 1. The predicted octanol–water partition coefficient (Wildman–Crippen LogP) is 0.971. The van der Waals surface area contributed by atoms with Crippen molar-refractivity contribution in [3.63, 3.8) is 0 Å². The van der Waals surface area contributed by atoms with Crippen LogP contribution in [0.1, 0.15) is 5.56 Å². The summed E-state index contributed by atoms with van der Waals surface area (Å²) in [6, 6.07) is 6.79. The maximum Gasteiger partial charge on any atom is 0.331 e. The number of epoxide rings is 1. The Morgan fingerprint density at radius 3 is 2.65 bits per heavy atom. The minimum Gasteiger partial charge on any atom is -0.382 e. The summed E-state index contributed by atoms with van der Waals surface area (Å²) in [7, 11) is -3.53. The summed E-state index contributed by atoms with van der Waals surface area (Å²) < 4.78 is 26.6. The van der Waals surface area contributed by atoms with Gasteiger partial charge in [0.05, 0.1) is 13.2 Å². The molecular formula is C11H12O5S. The molecule has 5 nitrogen and oxygen atoms in total. The van der Waals surface area contributed by atoms with Gasteiger partial charge in [0.2, 0.25) is 0 Å². The first kappa shape index (κ1) is 12.1. The summed E-state index contributed by atoms with van der Waals surface area (Å²) in [5, 5.41) is 1.30. The van der Waals surface area contributed by atoms with Gasteiger partial charge in [0.1, 0.15) is 11.9 Å². The minimum atomic E-state index is -3.53. The van der Waals surface area contributed by atoms with Crippen molar-refractivity contribution in [2.24, 2.45) is 0 Å². The van der Waals surface area contributed by atoms with E-state index in [-0.39, 0.29) is 12.7 Å². The highest BCUT2D eigenvalue weighted by Crippen LogP contribution is 2.16. The molecule has 1 aromatic carbocycles. The van der Waals surface area contributed by atoms with Gasteiger partial charge in [0.25, 0.3) is 5.23 Å². The lowest BCUT2D eigenvalue weighted by molar-refractivity contribution is 0.260. The van der Waals surface area contributed by atoms with Gasteiger partial charge in [0.15, 0.2) is 0 Å². The summed E-state index contributed by atoms with van der Waals surface area (Å²) in [6.07, 6.45) is -0.0919. The summed E-state index contributed by atoms with van der Waals surface area (Å²) in [5.74, 6) is 0.306. The molecular weight excluding hydrogens is 244 g/mol. The molecule has 1 aliphatic heterocycles. The molecule has 1 fully saturated rings. The Morgan fingerprint density at radius 1 is 1.47 bits per heavy atom. The van der Waals surface area contributed by atoms with E-state index < -0.39 is 10.1 Å². The van der Waals surface area contributed by atoms with Gasteiger partial charge in [-0.2, -0.15) is 4.21 Å². The Hall–Kier alpha value is -1.33. The minimum absolute atomic E-state index is 0.0694. The van der Waals surface area contributed by atoms with Crippen LogP contribution >= 0.6 is 0 Å². The van der Waals surface area contributed by atoms with Crippen LogP contribution < -0.4 is 4.18 Å². The average Bonchev–Trinajstić information content (AvgIpc) is 3.14. The quantitative estimate of drug-likeness (QED) is 0.580. The number of carbonyl (C=O) groups excluding carboxylic acids is 1. The normalized spacial score (nSPS) is 21.4. The zero-order valence-electron chi connectivity index (χ0n) is 9.25. The van der Waals surface area contributed by atoms with Crippen LogP contribution in [0, 0.1) is 6.92 Å². The fourth-order valence-electron chi connectivity index (χ4n) is 1.12. The van der Waals surface area contributed by atoms with Crippen molar-refractivity contribution in [3.8, 4) is 5.75 Å². The van der Waals surface area contributed by atoms with E-state index in [0.717, 1.165) is 5.56 Å². The van der Waals surface area contributed by atoms with Crippen LogP contribution in [0.4, 0.5) is 0 Å². The summed E-state index contributed by atoms with van der Waals surface area (Å²) in [4.78, 5) is 10.6. The van der Waals surface area contributed by atoms with Gasteiger partial charge < -0.3 is 8.92 Å². The molecule has 0 aliphatic carbocycles. The van der Waals surface area contributed by atoms with Crippen molar-refractivity contribution in [3.05, 3.63) is 29.8 Å². The second kappa shape index (κ2) is 4.89. The topological polar surface area (TPSA) is 65.1 Å². The van der Waals surface area contributed by atoms with Crippen molar-refractivity contribution in [1.29, 1.82) is 0 Å². The highest BCUT2D eigenvalue weighted by Gasteiger charge is 2.25. The molecule has 0 N–H and O–H groups in total. The van der Waals surface area contributed by atoms with Gasteiger partial charge in [-0.05, 0) is 19.1 Å². The van der Waals surface area contributed by atoms with Gasteiger partial charge in [-0.25, -0.2) is 4.79 Å². The SMILES string of the molecule is Cc1ccc(OS(=O)(=C=O)OCC2CO2)cc1. The highest BCUT2D eigenvalue weighted by molar-refractivity contribution is 7.92. The Kier molecular flexibility index (Phi) is 3.49. The van der Waals surface area contributed by atoms with E-state index in [2.05, 4.69) is 0 Å². The lowest BCUT2D eigenvalue weighted by Crippen LogP contribution is -2.17. The number of hydrogen-bond donors (Lipinski definition) is 0. The monoisotopic (exact) mass is 256 g/mol. The molecule has 0 aromatic heterocycles. The first-order chi connectivity index (χ1) is 8.11. The second-order valence-corrected chi connectivity index (χ2v) is 5.15. The third-order valence-electron chi connectivity index (χ3n) is 2.14. The summed E-state index contributed by atoms with van der Waals surface area (Å²) in [5.41, 5.74) is 1.03. The number of aryl methyl sites for hydroxylation is 1. The molecule has 0 radical (unpaired) electrons. The van der Waals surface area contributed by atoms with Gasteiger partial charge in [-0.15, -0.1) is 0 Å². The van der Waals surface area contributed by atoms with Crippen LogP contribution in [0.2, 0.25) is 0 Å². The molecule has 1 heterocycles. The zero-order valence-corrected chi connectivity index (χ0v) is 10.1. The van der Waals surface area contributed by atoms with Crippen LogP contribution in [-0.4, -0.2) is 28.8 Å². The van der Waals surface area contributed by atoms with Crippen LogP contribution in [0.25, 0.3) is 0 Å². The molecule has 1 saturated heterocycles. The molecule has 0 spiro atoms. The largest absolute Gasteiger partial charge is 0.382 e. The molecule has 0 bridgehead atoms. The maximum absolute atomic E-state index is 11.8. The third-order valence-corrected chi connectivity index (χ3v) is 3.20. The van der Waals surface area contributed by atoms with E-state index >= 15 is 0 Å². The Morgan fingerprint density at radius 2 is 2.12 bits per heavy atom. The molecule has 0 saturated carbocycles. The molecule has 6 heteroatoms. The average molecular weight is 256 g/mol. The standard InChI is InChI=1S/C11H12O5S/c1-9-2-4-10(5-3-9)16-17(13,8-12)15-7-11-6-14-11/h2-5,11H,6-7H2,1H3. The van der Waals surface area contributed by atoms with Crippen molar-refractivity contribution in [1.82, 2.24) is 0 Å². The Balaban J connectivity index is 2.05. The lowest BCUT2D eigenvalue weighted by atomic mass is 10.2. The molecule has 92 valence electrons. The van der Waals surface area contributed by atoms with Crippen molar-refractivity contribution in [2.45, 2.75) is 13.0 Å². The molecule has 2 rings (SSSR count). The lowest BCUT2D eigenvalue weighted by Gasteiger charge is -2.08. The number of hydrogen-bond acceptors (Lipinski definition) is 5. The first-order valence-corrected chi connectivity index (χ1v) is 6.47.